The van der Waals surface area contributed by atoms with Gasteiger partial charge in [0, 0.05) is 26.2 Å². The van der Waals surface area contributed by atoms with Crippen LogP contribution in [-0.2, 0) is 14.3 Å². The second-order valence-corrected chi connectivity index (χ2v) is 5.85. The van der Waals surface area contributed by atoms with Gasteiger partial charge in [-0.2, -0.15) is 0 Å². The number of nitrogens with zero attached hydrogens (tertiary/aromatic N) is 2. The fourth-order valence-electron chi connectivity index (χ4n) is 2.98. The van der Waals surface area contributed by atoms with Crippen molar-refractivity contribution in [3.63, 3.8) is 0 Å². The normalized spacial score (nSPS) is 35.2. The number of ether oxygens (including phenoxy) is 2. The number of amides is 1. The van der Waals surface area contributed by atoms with E-state index in [1.165, 1.54) is 0 Å². The van der Waals surface area contributed by atoms with Crippen molar-refractivity contribution in [2.75, 3.05) is 32.8 Å². The summed E-state index contributed by atoms with van der Waals surface area (Å²) in [5.41, 5.74) is 0. The quantitative estimate of drug-likeness (QED) is 0.742. The van der Waals surface area contributed by atoms with Gasteiger partial charge in [-0.3, -0.25) is 9.69 Å². The summed E-state index contributed by atoms with van der Waals surface area (Å²) in [4.78, 5) is 16.8. The summed E-state index contributed by atoms with van der Waals surface area (Å²) in [7, 11) is 0. The SMILES string of the molecule is CC1CN(C(C)C(=O)N2CC(C)OC(C)C2)CCO1. The minimum atomic E-state index is -0.0659. The van der Waals surface area contributed by atoms with Crippen molar-refractivity contribution >= 4 is 5.91 Å². The molecule has 2 fully saturated rings. The lowest BCUT2D eigenvalue weighted by atomic mass is 10.1. The predicted molar refractivity (Wildman–Crippen MR) is 73.0 cm³/mol. The number of hydrogen-bond acceptors (Lipinski definition) is 4. The third-order valence-corrected chi connectivity index (χ3v) is 3.91. The molecule has 4 atom stereocenters. The molecule has 2 aliphatic heterocycles. The van der Waals surface area contributed by atoms with Crippen molar-refractivity contribution < 1.29 is 14.3 Å². The van der Waals surface area contributed by atoms with Crippen molar-refractivity contribution in [3.05, 3.63) is 0 Å². The Morgan fingerprint density at radius 3 is 2.32 bits per heavy atom. The molecule has 2 heterocycles. The van der Waals surface area contributed by atoms with Gasteiger partial charge in [0.05, 0.1) is 31.0 Å². The molecule has 4 unspecified atom stereocenters. The van der Waals surface area contributed by atoms with Crippen molar-refractivity contribution in [2.24, 2.45) is 0 Å². The third kappa shape index (κ3) is 3.68. The Kier molecular flexibility index (Phi) is 4.81. The summed E-state index contributed by atoms with van der Waals surface area (Å²) in [5.74, 6) is 0.219. The molecule has 0 spiro atoms. The first kappa shape index (κ1) is 14.8. The summed E-state index contributed by atoms with van der Waals surface area (Å²) in [6, 6.07) is -0.0659. The molecule has 1 amide bonds. The Labute approximate surface area is 115 Å². The lowest BCUT2D eigenvalue weighted by Gasteiger charge is -2.40. The van der Waals surface area contributed by atoms with Crippen LogP contribution in [0.25, 0.3) is 0 Å². The predicted octanol–water partition coefficient (Wildman–Crippen LogP) is 0.731. The maximum Gasteiger partial charge on any atom is 0.239 e. The van der Waals surface area contributed by atoms with E-state index in [4.69, 9.17) is 9.47 Å². The van der Waals surface area contributed by atoms with Crippen molar-refractivity contribution in [2.45, 2.75) is 52.0 Å². The van der Waals surface area contributed by atoms with E-state index < -0.39 is 0 Å². The Balaban J connectivity index is 1.94. The van der Waals surface area contributed by atoms with Crippen LogP contribution in [0.1, 0.15) is 27.7 Å². The first-order valence-corrected chi connectivity index (χ1v) is 7.27. The Morgan fingerprint density at radius 2 is 1.74 bits per heavy atom. The molecule has 2 rings (SSSR count). The molecule has 0 aromatic heterocycles. The molecule has 0 bridgehead atoms. The standard InChI is InChI=1S/C14H26N2O3/c1-10-7-15(5-6-18-10)13(4)14(17)16-8-11(2)19-12(3)9-16/h10-13H,5-9H2,1-4H3. The van der Waals surface area contributed by atoms with Gasteiger partial charge in [0.25, 0.3) is 0 Å². The van der Waals surface area contributed by atoms with Gasteiger partial charge in [-0.25, -0.2) is 0 Å². The molecule has 0 aliphatic carbocycles. The smallest absolute Gasteiger partial charge is 0.239 e. The fourth-order valence-corrected chi connectivity index (χ4v) is 2.98. The fraction of sp³-hybridized carbons (Fsp3) is 0.929. The van der Waals surface area contributed by atoms with Gasteiger partial charge >= 0.3 is 0 Å². The van der Waals surface area contributed by atoms with Crippen LogP contribution in [0.3, 0.4) is 0 Å². The van der Waals surface area contributed by atoms with Crippen LogP contribution in [-0.4, -0.2) is 72.8 Å². The lowest BCUT2D eigenvalue weighted by molar-refractivity contribution is -0.150. The molecule has 5 heteroatoms. The minimum Gasteiger partial charge on any atom is -0.376 e. The molecule has 19 heavy (non-hydrogen) atoms. The summed E-state index contributed by atoms with van der Waals surface area (Å²) in [5, 5.41) is 0. The second kappa shape index (κ2) is 6.20. The zero-order valence-electron chi connectivity index (χ0n) is 12.5. The molecule has 0 aromatic carbocycles. The van der Waals surface area contributed by atoms with E-state index in [2.05, 4.69) is 11.8 Å². The molecule has 2 aliphatic rings. The van der Waals surface area contributed by atoms with E-state index in [1.54, 1.807) is 0 Å². The van der Waals surface area contributed by atoms with Crippen LogP contribution in [0, 0.1) is 0 Å². The molecule has 110 valence electrons. The maximum atomic E-state index is 12.6. The highest BCUT2D eigenvalue weighted by Gasteiger charge is 2.32. The summed E-state index contributed by atoms with van der Waals surface area (Å²) >= 11 is 0. The number of carbonyl (C=O) groups is 1. The molecular formula is C14H26N2O3. The average molecular weight is 270 g/mol. The molecule has 5 nitrogen and oxygen atoms in total. The van der Waals surface area contributed by atoms with E-state index in [0.29, 0.717) is 19.7 Å². The Hall–Kier alpha value is -0.650. The zero-order valence-corrected chi connectivity index (χ0v) is 12.5. The van der Waals surface area contributed by atoms with Gasteiger partial charge in [0.2, 0.25) is 5.91 Å². The van der Waals surface area contributed by atoms with Gasteiger partial charge in [0.15, 0.2) is 0 Å². The molecule has 0 aromatic rings. The molecular weight excluding hydrogens is 244 g/mol. The summed E-state index contributed by atoms with van der Waals surface area (Å²) in [6.45, 7) is 11.9. The Morgan fingerprint density at radius 1 is 1.11 bits per heavy atom. The largest absolute Gasteiger partial charge is 0.376 e. The number of hydrogen-bond donors (Lipinski definition) is 0. The third-order valence-electron chi connectivity index (χ3n) is 3.91. The average Bonchev–Trinajstić information content (AvgIpc) is 2.36. The maximum absolute atomic E-state index is 12.6. The van der Waals surface area contributed by atoms with Crippen LogP contribution in [0.4, 0.5) is 0 Å². The Bertz CT molecular complexity index is 314. The highest BCUT2D eigenvalue weighted by atomic mass is 16.5. The molecule has 2 saturated heterocycles. The van der Waals surface area contributed by atoms with E-state index in [0.717, 1.165) is 13.1 Å². The van der Waals surface area contributed by atoms with E-state index in [9.17, 15) is 4.79 Å². The number of carbonyl (C=O) groups excluding carboxylic acids is 1. The van der Waals surface area contributed by atoms with Gasteiger partial charge in [-0.05, 0) is 27.7 Å². The minimum absolute atomic E-state index is 0.0659. The first-order chi connectivity index (χ1) is 8.97. The van der Waals surface area contributed by atoms with Crippen molar-refractivity contribution in [3.8, 4) is 0 Å². The van der Waals surface area contributed by atoms with E-state index >= 15 is 0 Å². The van der Waals surface area contributed by atoms with Crippen LogP contribution >= 0.6 is 0 Å². The zero-order chi connectivity index (χ0) is 14.0. The highest BCUT2D eigenvalue weighted by Crippen LogP contribution is 2.15. The van der Waals surface area contributed by atoms with E-state index in [-0.39, 0.29) is 30.3 Å². The van der Waals surface area contributed by atoms with Gasteiger partial charge in [-0.15, -0.1) is 0 Å². The summed E-state index contributed by atoms with van der Waals surface area (Å²) in [6.07, 6.45) is 0.471. The van der Waals surface area contributed by atoms with Crippen molar-refractivity contribution in [1.29, 1.82) is 0 Å². The molecule has 0 saturated carbocycles. The van der Waals surface area contributed by atoms with Gasteiger partial charge in [0.1, 0.15) is 0 Å². The van der Waals surface area contributed by atoms with Crippen molar-refractivity contribution in [1.82, 2.24) is 9.80 Å². The molecule has 0 radical (unpaired) electrons. The number of rotatable bonds is 2. The molecule has 0 N–H and O–H groups in total. The topological polar surface area (TPSA) is 42.0 Å². The second-order valence-electron chi connectivity index (χ2n) is 5.85. The monoisotopic (exact) mass is 270 g/mol. The van der Waals surface area contributed by atoms with Gasteiger partial charge < -0.3 is 14.4 Å². The first-order valence-electron chi connectivity index (χ1n) is 7.27. The van der Waals surface area contributed by atoms with Crippen LogP contribution in [0.2, 0.25) is 0 Å². The van der Waals surface area contributed by atoms with Crippen LogP contribution < -0.4 is 0 Å². The number of morpholine rings is 2. The van der Waals surface area contributed by atoms with Crippen LogP contribution in [0.5, 0.6) is 0 Å². The van der Waals surface area contributed by atoms with E-state index in [1.807, 2.05) is 25.7 Å². The highest BCUT2D eigenvalue weighted by molar-refractivity contribution is 5.81. The van der Waals surface area contributed by atoms with Gasteiger partial charge in [-0.1, -0.05) is 0 Å². The lowest BCUT2D eigenvalue weighted by Crippen LogP contribution is -2.56. The summed E-state index contributed by atoms with van der Waals surface area (Å²) < 4.78 is 11.2. The van der Waals surface area contributed by atoms with Crippen LogP contribution in [0.15, 0.2) is 0 Å².